The largest absolute Gasteiger partial charge is 0.481 e. The summed E-state index contributed by atoms with van der Waals surface area (Å²) in [5, 5.41) is 11.4. The van der Waals surface area contributed by atoms with Gasteiger partial charge in [0, 0.05) is 37.1 Å². The van der Waals surface area contributed by atoms with Crippen LogP contribution in [0.2, 0.25) is 0 Å². The van der Waals surface area contributed by atoms with Crippen molar-refractivity contribution >= 4 is 43.5 Å². The van der Waals surface area contributed by atoms with Gasteiger partial charge in [0.2, 0.25) is 15.9 Å². The van der Waals surface area contributed by atoms with E-state index in [4.69, 9.17) is 5.11 Å². The topological polar surface area (TPSA) is 104 Å². The Hall–Kier alpha value is -0.450. The van der Waals surface area contributed by atoms with Gasteiger partial charge in [0.25, 0.3) is 0 Å². The summed E-state index contributed by atoms with van der Waals surface area (Å²) in [5.74, 6) is 0.532. The van der Waals surface area contributed by atoms with Crippen LogP contribution in [0.1, 0.15) is 39.0 Å². The summed E-state index contributed by atoms with van der Waals surface area (Å²) in [6.45, 7) is 3.35. The molecule has 0 spiro atoms. The van der Waals surface area contributed by atoms with Crippen LogP contribution in [0.25, 0.3) is 0 Å². The van der Waals surface area contributed by atoms with E-state index in [0.29, 0.717) is 44.6 Å². The number of aliphatic carboxylic acids is 1. The van der Waals surface area contributed by atoms with Crippen molar-refractivity contribution in [1.29, 1.82) is 0 Å². The summed E-state index contributed by atoms with van der Waals surface area (Å²) in [7, 11) is -0.141. The van der Waals surface area contributed by atoms with E-state index in [2.05, 4.69) is 5.32 Å². The van der Waals surface area contributed by atoms with Gasteiger partial charge < -0.3 is 10.4 Å². The third-order valence-corrected chi connectivity index (χ3v) is 8.31. The van der Waals surface area contributed by atoms with E-state index in [-0.39, 0.29) is 24.0 Å². The number of piperidine rings is 1. The first kappa shape index (κ1) is 22.6. The van der Waals surface area contributed by atoms with Crippen molar-refractivity contribution in [3.8, 4) is 0 Å². The second kappa shape index (κ2) is 12.0. The summed E-state index contributed by atoms with van der Waals surface area (Å²) in [4.78, 5) is 22.5. The number of carboxylic acid groups (broad SMARTS) is 1. The van der Waals surface area contributed by atoms with E-state index in [1.165, 1.54) is 15.1 Å². The molecule has 1 fully saturated rings. The smallest absolute Gasteiger partial charge is 0.304 e. The SMILES string of the molecule is CCCCS(=O)(=O)N1CCC(C(=O)NCCSSCCC(=O)O)CC1. The van der Waals surface area contributed by atoms with Gasteiger partial charge in [0.15, 0.2) is 0 Å². The maximum Gasteiger partial charge on any atom is 0.304 e. The molecule has 1 aliphatic heterocycles. The van der Waals surface area contributed by atoms with Crippen LogP contribution in [-0.2, 0) is 19.6 Å². The monoisotopic (exact) mass is 412 g/mol. The predicted octanol–water partition coefficient (Wildman–Crippen LogP) is 1.80. The molecule has 10 heteroatoms. The number of carbonyl (C=O) groups is 2. The van der Waals surface area contributed by atoms with E-state index in [9.17, 15) is 18.0 Å². The molecule has 0 aromatic rings. The van der Waals surface area contributed by atoms with Crippen molar-refractivity contribution in [2.75, 3.05) is 36.9 Å². The first-order chi connectivity index (χ1) is 11.9. The molecule has 1 heterocycles. The zero-order valence-corrected chi connectivity index (χ0v) is 17.1. The standard InChI is InChI=1S/C15H28N2O5S3/c1-2-3-12-25(21,22)17-8-4-13(5-9-17)15(20)16-7-11-24-23-10-6-14(18)19/h13H,2-12H2,1H3,(H,16,20)(H,18,19). The van der Waals surface area contributed by atoms with Gasteiger partial charge in [-0.05, 0) is 19.3 Å². The van der Waals surface area contributed by atoms with Crippen LogP contribution in [0.3, 0.4) is 0 Å². The first-order valence-corrected chi connectivity index (χ1v) is 12.7. The number of rotatable bonds is 12. The number of sulfonamides is 1. The third-order valence-electron chi connectivity index (χ3n) is 3.94. The number of hydrogen-bond acceptors (Lipinski definition) is 6. The molecule has 25 heavy (non-hydrogen) atoms. The van der Waals surface area contributed by atoms with Gasteiger partial charge in [-0.2, -0.15) is 0 Å². The zero-order valence-electron chi connectivity index (χ0n) is 14.6. The Morgan fingerprint density at radius 1 is 1.20 bits per heavy atom. The number of unbranched alkanes of at least 4 members (excludes halogenated alkanes) is 1. The van der Waals surface area contributed by atoms with E-state index in [1.54, 1.807) is 10.8 Å². The van der Waals surface area contributed by atoms with Crippen molar-refractivity contribution in [3.63, 3.8) is 0 Å². The van der Waals surface area contributed by atoms with Crippen molar-refractivity contribution in [1.82, 2.24) is 9.62 Å². The van der Waals surface area contributed by atoms with Crippen LogP contribution in [0, 0.1) is 5.92 Å². The molecule has 0 atom stereocenters. The second-order valence-corrected chi connectivity index (χ2v) is 10.7. The van der Waals surface area contributed by atoms with Crippen LogP contribution in [0.5, 0.6) is 0 Å². The Balaban J connectivity index is 2.17. The van der Waals surface area contributed by atoms with Gasteiger partial charge in [0.1, 0.15) is 0 Å². The normalized spacial score (nSPS) is 16.7. The lowest BCUT2D eigenvalue weighted by molar-refractivity contribution is -0.136. The fourth-order valence-electron chi connectivity index (χ4n) is 2.46. The molecule has 1 saturated heterocycles. The molecule has 0 aromatic heterocycles. The number of carboxylic acids is 1. The minimum atomic E-state index is -3.18. The van der Waals surface area contributed by atoms with Crippen LogP contribution < -0.4 is 5.32 Å². The molecule has 1 rings (SSSR count). The molecular formula is C15H28N2O5S3. The van der Waals surface area contributed by atoms with E-state index in [0.717, 1.165) is 12.2 Å². The van der Waals surface area contributed by atoms with Crippen LogP contribution in [0.15, 0.2) is 0 Å². The average Bonchev–Trinajstić information content (AvgIpc) is 2.59. The van der Waals surface area contributed by atoms with Crippen molar-refractivity contribution < 1.29 is 23.1 Å². The zero-order chi connectivity index (χ0) is 18.7. The minimum Gasteiger partial charge on any atom is -0.481 e. The highest BCUT2D eigenvalue weighted by Gasteiger charge is 2.30. The number of nitrogens with zero attached hydrogens (tertiary/aromatic N) is 1. The van der Waals surface area contributed by atoms with Gasteiger partial charge in [-0.15, -0.1) is 0 Å². The Kier molecular flexibility index (Phi) is 10.9. The maximum atomic E-state index is 12.1. The molecule has 7 nitrogen and oxygen atoms in total. The van der Waals surface area contributed by atoms with Gasteiger partial charge in [0.05, 0.1) is 12.2 Å². The van der Waals surface area contributed by atoms with Gasteiger partial charge in [-0.1, -0.05) is 34.9 Å². The van der Waals surface area contributed by atoms with Crippen LogP contribution in [-0.4, -0.2) is 66.6 Å². The average molecular weight is 413 g/mol. The van der Waals surface area contributed by atoms with Crippen LogP contribution >= 0.6 is 21.6 Å². The summed E-state index contributed by atoms with van der Waals surface area (Å²) < 4.78 is 25.8. The molecule has 1 amide bonds. The quantitative estimate of drug-likeness (QED) is 0.372. The first-order valence-electron chi connectivity index (χ1n) is 8.58. The third kappa shape index (κ3) is 9.16. The van der Waals surface area contributed by atoms with Gasteiger partial charge in [-0.3, -0.25) is 9.59 Å². The highest BCUT2D eigenvalue weighted by molar-refractivity contribution is 8.76. The molecule has 1 aliphatic rings. The van der Waals surface area contributed by atoms with E-state index in [1.807, 2.05) is 6.92 Å². The molecule has 0 unspecified atom stereocenters. The molecule has 0 radical (unpaired) electrons. The molecule has 0 bridgehead atoms. The number of carbonyl (C=O) groups excluding carboxylic acids is 1. The van der Waals surface area contributed by atoms with E-state index < -0.39 is 16.0 Å². The lowest BCUT2D eigenvalue weighted by Gasteiger charge is -2.30. The van der Waals surface area contributed by atoms with Gasteiger partial charge in [-0.25, -0.2) is 12.7 Å². The fraction of sp³-hybridized carbons (Fsp3) is 0.867. The Morgan fingerprint density at radius 3 is 2.44 bits per heavy atom. The highest BCUT2D eigenvalue weighted by Crippen LogP contribution is 2.22. The van der Waals surface area contributed by atoms with Crippen LogP contribution in [0.4, 0.5) is 0 Å². The Morgan fingerprint density at radius 2 is 1.84 bits per heavy atom. The van der Waals surface area contributed by atoms with Crippen molar-refractivity contribution in [2.45, 2.75) is 39.0 Å². The van der Waals surface area contributed by atoms with Gasteiger partial charge >= 0.3 is 5.97 Å². The summed E-state index contributed by atoms with van der Waals surface area (Å²) in [6.07, 6.45) is 2.80. The number of amides is 1. The Labute approximate surface area is 158 Å². The summed E-state index contributed by atoms with van der Waals surface area (Å²) >= 11 is 0. The number of nitrogens with one attached hydrogen (secondary N) is 1. The maximum absolute atomic E-state index is 12.1. The van der Waals surface area contributed by atoms with E-state index >= 15 is 0 Å². The summed E-state index contributed by atoms with van der Waals surface area (Å²) in [6, 6.07) is 0. The molecule has 146 valence electrons. The van der Waals surface area contributed by atoms with Crippen molar-refractivity contribution in [3.05, 3.63) is 0 Å². The lowest BCUT2D eigenvalue weighted by Crippen LogP contribution is -2.44. The van der Waals surface area contributed by atoms with Crippen molar-refractivity contribution in [2.24, 2.45) is 5.92 Å². The Bertz CT molecular complexity index is 519. The molecule has 2 N–H and O–H groups in total. The lowest BCUT2D eigenvalue weighted by atomic mass is 9.97. The molecule has 0 saturated carbocycles. The number of hydrogen-bond donors (Lipinski definition) is 2. The molecule has 0 aromatic carbocycles. The summed E-state index contributed by atoms with van der Waals surface area (Å²) in [5.41, 5.74) is 0. The fourth-order valence-corrected chi connectivity index (χ4v) is 6.02. The highest BCUT2D eigenvalue weighted by atomic mass is 33.1. The molecule has 0 aliphatic carbocycles. The molecular weight excluding hydrogens is 384 g/mol. The second-order valence-electron chi connectivity index (χ2n) is 5.92. The minimum absolute atomic E-state index is 0.0123. The predicted molar refractivity (Wildman–Crippen MR) is 103 cm³/mol.